The highest BCUT2D eigenvalue weighted by Crippen LogP contribution is 2.28. The molecule has 0 bridgehead atoms. The maximum absolute atomic E-state index is 13.4. The van der Waals surface area contributed by atoms with Gasteiger partial charge in [0.25, 0.3) is 0 Å². The summed E-state index contributed by atoms with van der Waals surface area (Å²) in [6.45, 7) is 2.89. The van der Waals surface area contributed by atoms with Crippen molar-refractivity contribution in [1.82, 2.24) is 5.32 Å². The lowest BCUT2D eigenvalue weighted by atomic mass is 9.98. The van der Waals surface area contributed by atoms with E-state index in [0.717, 1.165) is 24.1 Å². The van der Waals surface area contributed by atoms with E-state index in [-0.39, 0.29) is 17.7 Å². The van der Waals surface area contributed by atoms with E-state index in [1.807, 2.05) is 0 Å². The van der Waals surface area contributed by atoms with E-state index in [4.69, 9.17) is 0 Å². The molecule has 0 heterocycles. The molecule has 1 nitrogen and oxygen atoms in total. The van der Waals surface area contributed by atoms with Crippen molar-refractivity contribution in [2.75, 3.05) is 6.54 Å². The fourth-order valence-electron chi connectivity index (χ4n) is 2.10. The van der Waals surface area contributed by atoms with Gasteiger partial charge in [-0.15, -0.1) is 0 Å². The molecule has 112 valence electrons. The summed E-state index contributed by atoms with van der Waals surface area (Å²) in [5.41, 5.74) is 1.85. The molecule has 0 unspecified atom stereocenters. The van der Waals surface area contributed by atoms with Crippen LogP contribution >= 0.6 is 31.9 Å². The van der Waals surface area contributed by atoms with Gasteiger partial charge in [-0.25, -0.2) is 8.78 Å². The Morgan fingerprint density at radius 3 is 1.81 bits per heavy atom. The Hall–Kier alpha value is -0.780. The molecule has 0 aliphatic carbocycles. The highest BCUT2D eigenvalue weighted by Gasteiger charge is 2.16. The van der Waals surface area contributed by atoms with E-state index in [0.29, 0.717) is 8.95 Å². The van der Waals surface area contributed by atoms with Gasteiger partial charge in [-0.05, 0) is 80.2 Å². The molecule has 2 aromatic carbocycles. The number of halogens is 4. The molecular formula is C16H15Br2F2N. The third kappa shape index (κ3) is 4.11. The summed E-state index contributed by atoms with van der Waals surface area (Å²) in [5, 5.41) is 3.41. The zero-order chi connectivity index (χ0) is 15.4. The first-order valence-electron chi connectivity index (χ1n) is 6.66. The molecule has 0 atom stereocenters. The van der Waals surface area contributed by atoms with E-state index in [2.05, 4.69) is 44.1 Å². The zero-order valence-corrected chi connectivity index (χ0v) is 14.6. The SMILES string of the molecule is CCCNC(c1ccc(F)c(Br)c1)c1ccc(F)c(Br)c1. The summed E-state index contributed by atoms with van der Waals surface area (Å²) in [6.07, 6.45) is 0.973. The summed E-state index contributed by atoms with van der Waals surface area (Å²) >= 11 is 6.42. The van der Waals surface area contributed by atoms with Crippen molar-refractivity contribution in [3.05, 3.63) is 68.1 Å². The van der Waals surface area contributed by atoms with Crippen LogP contribution in [0.4, 0.5) is 8.78 Å². The van der Waals surface area contributed by atoms with Crippen molar-refractivity contribution in [3.8, 4) is 0 Å². The van der Waals surface area contributed by atoms with Gasteiger partial charge < -0.3 is 5.32 Å². The molecule has 0 saturated carbocycles. The van der Waals surface area contributed by atoms with Gasteiger partial charge in [0.1, 0.15) is 11.6 Å². The van der Waals surface area contributed by atoms with Gasteiger partial charge in [-0.3, -0.25) is 0 Å². The lowest BCUT2D eigenvalue weighted by Crippen LogP contribution is -2.23. The van der Waals surface area contributed by atoms with Crippen LogP contribution in [0.25, 0.3) is 0 Å². The first-order valence-corrected chi connectivity index (χ1v) is 8.24. The summed E-state index contributed by atoms with van der Waals surface area (Å²) in [5.74, 6) is -0.596. The van der Waals surface area contributed by atoms with Crippen molar-refractivity contribution in [3.63, 3.8) is 0 Å². The molecular weight excluding hydrogens is 404 g/mol. The Balaban J connectivity index is 2.41. The fraction of sp³-hybridized carbons (Fsp3) is 0.250. The second-order valence-corrected chi connectivity index (χ2v) is 6.44. The molecule has 21 heavy (non-hydrogen) atoms. The maximum atomic E-state index is 13.4. The third-order valence-electron chi connectivity index (χ3n) is 3.15. The average molecular weight is 419 g/mol. The van der Waals surface area contributed by atoms with E-state index in [1.54, 1.807) is 24.3 Å². The number of hydrogen-bond donors (Lipinski definition) is 1. The molecule has 0 amide bonds. The molecule has 0 spiro atoms. The Kier molecular flexibility index (Phi) is 5.90. The topological polar surface area (TPSA) is 12.0 Å². The minimum atomic E-state index is -0.298. The molecule has 0 aliphatic rings. The second kappa shape index (κ2) is 7.47. The summed E-state index contributed by atoms with van der Waals surface area (Å²) in [4.78, 5) is 0. The van der Waals surface area contributed by atoms with Gasteiger partial charge in [0.05, 0.1) is 15.0 Å². The molecule has 1 N–H and O–H groups in total. The van der Waals surface area contributed by atoms with Crippen molar-refractivity contribution >= 4 is 31.9 Å². The van der Waals surface area contributed by atoms with Gasteiger partial charge in [0.15, 0.2) is 0 Å². The number of hydrogen-bond acceptors (Lipinski definition) is 1. The monoisotopic (exact) mass is 417 g/mol. The minimum Gasteiger partial charge on any atom is -0.306 e. The number of rotatable bonds is 5. The quantitative estimate of drug-likeness (QED) is 0.668. The summed E-state index contributed by atoms with van der Waals surface area (Å²) in [7, 11) is 0. The predicted molar refractivity (Wildman–Crippen MR) is 88.3 cm³/mol. The molecule has 0 aliphatic heterocycles. The highest BCUT2D eigenvalue weighted by molar-refractivity contribution is 9.10. The molecule has 0 aromatic heterocycles. The van der Waals surface area contributed by atoms with E-state index >= 15 is 0 Å². The fourth-order valence-corrected chi connectivity index (χ4v) is 2.89. The molecule has 0 radical (unpaired) electrons. The highest BCUT2D eigenvalue weighted by atomic mass is 79.9. The van der Waals surface area contributed by atoms with Crippen molar-refractivity contribution < 1.29 is 8.78 Å². The third-order valence-corrected chi connectivity index (χ3v) is 4.37. The van der Waals surface area contributed by atoms with Crippen LogP contribution in [0.3, 0.4) is 0 Å². The number of benzene rings is 2. The van der Waals surface area contributed by atoms with E-state index in [1.165, 1.54) is 12.1 Å². The van der Waals surface area contributed by atoms with Gasteiger partial charge in [0, 0.05) is 0 Å². The average Bonchev–Trinajstić information content (AvgIpc) is 2.46. The van der Waals surface area contributed by atoms with Gasteiger partial charge >= 0.3 is 0 Å². The van der Waals surface area contributed by atoms with Crippen molar-refractivity contribution in [2.45, 2.75) is 19.4 Å². The molecule has 2 rings (SSSR count). The van der Waals surface area contributed by atoms with Crippen molar-refractivity contribution in [1.29, 1.82) is 0 Å². The largest absolute Gasteiger partial charge is 0.306 e. The zero-order valence-electron chi connectivity index (χ0n) is 11.5. The van der Waals surface area contributed by atoms with E-state index in [9.17, 15) is 8.78 Å². The van der Waals surface area contributed by atoms with Gasteiger partial charge in [0.2, 0.25) is 0 Å². The van der Waals surface area contributed by atoms with Gasteiger partial charge in [-0.1, -0.05) is 19.1 Å². The lowest BCUT2D eigenvalue weighted by molar-refractivity contribution is 0.586. The van der Waals surface area contributed by atoms with Crippen LogP contribution in [0, 0.1) is 11.6 Å². The Morgan fingerprint density at radius 1 is 0.952 bits per heavy atom. The van der Waals surface area contributed by atoms with Crippen molar-refractivity contribution in [2.24, 2.45) is 0 Å². The normalized spacial score (nSPS) is 11.1. The van der Waals surface area contributed by atoms with Crippen LogP contribution in [0.15, 0.2) is 45.3 Å². The first kappa shape index (κ1) is 16.6. The molecule has 0 fully saturated rings. The summed E-state index contributed by atoms with van der Waals surface area (Å²) in [6, 6.07) is 9.73. The Bertz CT molecular complexity index is 580. The Morgan fingerprint density at radius 2 is 1.43 bits per heavy atom. The minimum absolute atomic E-state index is 0.112. The number of nitrogens with one attached hydrogen (secondary N) is 1. The lowest BCUT2D eigenvalue weighted by Gasteiger charge is -2.20. The molecule has 2 aromatic rings. The first-order chi connectivity index (χ1) is 10.0. The van der Waals surface area contributed by atoms with Crippen LogP contribution in [0.2, 0.25) is 0 Å². The van der Waals surface area contributed by atoms with Gasteiger partial charge in [-0.2, -0.15) is 0 Å². The van der Waals surface area contributed by atoms with Crippen LogP contribution in [-0.4, -0.2) is 6.54 Å². The molecule has 5 heteroatoms. The predicted octanol–water partition coefficient (Wildman–Crippen LogP) is 5.58. The van der Waals surface area contributed by atoms with Crippen LogP contribution < -0.4 is 5.32 Å². The Labute approximate surface area is 140 Å². The van der Waals surface area contributed by atoms with Crippen LogP contribution in [-0.2, 0) is 0 Å². The smallest absolute Gasteiger partial charge is 0.137 e. The van der Waals surface area contributed by atoms with Crippen LogP contribution in [0.1, 0.15) is 30.5 Å². The maximum Gasteiger partial charge on any atom is 0.137 e. The van der Waals surface area contributed by atoms with Crippen LogP contribution in [0.5, 0.6) is 0 Å². The second-order valence-electron chi connectivity index (χ2n) is 4.73. The standard InChI is InChI=1S/C16H15Br2F2N/c1-2-7-21-16(10-3-5-14(19)12(17)8-10)11-4-6-15(20)13(18)9-11/h3-6,8-9,16,21H,2,7H2,1H3. The summed E-state index contributed by atoms with van der Waals surface area (Å²) < 4.78 is 27.7. The van der Waals surface area contributed by atoms with E-state index < -0.39 is 0 Å². The molecule has 0 saturated heterocycles.